The Morgan fingerprint density at radius 1 is 1.65 bits per heavy atom. The van der Waals surface area contributed by atoms with Gasteiger partial charge in [0, 0.05) is 13.6 Å². The number of nitrogens with zero attached hydrogens (tertiary/aromatic N) is 2. The Balaban J connectivity index is 3.00. The zero-order chi connectivity index (χ0) is 13.0. The van der Waals surface area contributed by atoms with E-state index in [1.807, 2.05) is 6.07 Å². The van der Waals surface area contributed by atoms with Crippen molar-refractivity contribution in [2.45, 2.75) is 6.92 Å². The number of hydrogen-bond donors (Lipinski definition) is 1. The predicted octanol–water partition coefficient (Wildman–Crippen LogP) is 2.37. The van der Waals surface area contributed by atoms with Crippen LogP contribution in [-0.2, 0) is 4.79 Å². The van der Waals surface area contributed by atoms with E-state index in [1.54, 1.807) is 37.1 Å². The average Bonchev–Trinajstić information content (AvgIpc) is 2.27. The minimum absolute atomic E-state index is 0.299. The molecule has 0 fully saturated rings. The van der Waals surface area contributed by atoms with Crippen LogP contribution < -0.4 is 4.90 Å². The average molecular weight is 253 g/mol. The summed E-state index contributed by atoms with van der Waals surface area (Å²) >= 11 is 6.03. The third-order valence-corrected chi connectivity index (χ3v) is 2.76. The van der Waals surface area contributed by atoms with Crippen molar-refractivity contribution in [3.05, 3.63) is 28.8 Å². The summed E-state index contributed by atoms with van der Waals surface area (Å²) in [6, 6.07) is 7.08. The van der Waals surface area contributed by atoms with Gasteiger partial charge in [0.1, 0.15) is 6.07 Å². The topological polar surface area (TPSA) is 64.3 Å². The first kappa shape index (κ1) is 13.3. The molecule has 0 spiro atoms. The number of carboxylic acid groups (broad SMARTS) is 1. The summed E-state index contributed by atoms with van der Waals surface area (Å²) in [6.07, 6.45) is 0. The molecule has 90 valence electrons. The van der Waals surface area contributed by atoms with Gasteiger partial charge in [-0.05, 0) is 12.1 Å². The second kappa shape index (κ2) is 5.55. The Labute approximate surface area is 105 Å². The van der Waals surface area contributed by atoms with Crippen molar-refractivity contribution in [1.82, 2.24) is 0 Å². The van der Waals surface area contributed by atoms with Crippen LogP contribution in [0.5, 0.6) is 0 Å². The first-order valence-electron chi connectivity index (χ1n) is 5.10. The van der Waals surface area contributed by atoms with Crippen LogP contribution >= 0.6 is 11.6 Å². The third-order valence-electron chi connectivity index (χ3n) is 2.46. The van der Waals surface area contributed by atoms with E-state index < -0.39 is 11.9 Å². The molecule has 1 aromatic carbocycles. The zero-order valence-corrected chi connectivity index (χ0v) is 10.4. The fraction of sp³-hybridized carbons (Fsp3) is 0.333. The minimum Gasteiger partial charge on any atom is -0.481 e. The summed E-state index contributed by atoms with van der Waals surface area (Å²) in [6.45, 7) is 1.91. The van der Waals surface area contributed by atoms with Crippen LogP contribution in [0.2, 0.25) is 5.02 Å². The molecule has 17 heavy (non-hydrogen) atoms. The number of carbonyl (C=O) groups is 1. The monoisotopic (exact) mass is 252 g/mol. The van der Waals surface area contributed by atoms with Crippen molar-refractivity contribution in [3.63, 3.8) is 0 Å². The molecule has 0 radical (unpaired) electrons. The van der Waals surface area contributed by atoms with Crippen molar-refractivity contribution in [2.24, 2.45) is 5.92 Å². The lowest BCUT2D eigenvalue weighted by atomic mass is 10.1. The Morgan fingerprint density at radius 2 is 2.29 bits per heavy atom. The highest BCUT2D eigenvalue weighted by atomic mass is 35.5. The lowest BCUT2D eigenvalue weighted by Gasteiger charge is -2.23. The first-order valence-corrected chi connectivity index (χ1v) is 5.47. The van der Waals surface area contributed by atoms with Crippen molar-refractivity contribution < 1.29 is 9.90 Å². The molecule has 1 atom stereocenters. The highest BCUT2D eigenvalue weighted by Gasteiger charge is 2.17. The Hall–Kier alpha value is -1.73. The predicted molar refractivity (Wildman–Crippen MR) is 66.2 cm³/mol. The molecule has 0 bridgehead atoms. The van der Waals surface area contributed by atoms with Gasteiger partial charge in [0.15, 0.2) is 0 Å². The van der Waals surface area contributed by atoms with Crippen molar-refractivity contribution >= 4 is 23.3 Å². The standard InChI is InChI=1S/C12H13ClN2O2/c1-8(12(16)17)7-15(2)11-9(6-14)4-3-5-10(11)13/h3-5,8H,7H2,1-2H3,(H,16,17). The van der Waals surface area contributed by atoms with E-state index in [-0.39, 0.29) is 0 Å². The van der Waals surface area contributed by atoms with Crippen LogP contribution in [0.15, 0.2) is 18.2 Å². The van der Waals surface area contributed by atoms with Crippen molar-refractivity contribution in [2.75, 3.05) is 18.5 Å². The van der Waals surface area contributed by atoms with E-state index >= 15 is 0 Å². The Morgan fingerprint density at radius 3 is 2.82 bits per heavy atom. The smallest absolute Gasteiger partial charge is 0.308 e. The molecule has 1 unspecified atom stereocenters. The number of rotatable bonds is 4. The Bertz CT molecular complexity index is 468. The summed E-state index contributed by atoms with van der Waals surface area (Å²) < 4.78 is 0. The normalized spacial score (nSPS) is 11.6. The maximum Gasteiger partial charge on any atom is 0.308 e. The lowest BCUT2D eigenvalue weighted by Crippen LogP contribution is -2.29. The van der Waals surface area contributed by atoms with E-state index in [0.717, 1.165) is 0 Å². The third kappa shape index (κ3) is 3.11. The Kier molecular flexibility index (Phi) is 4.36. The van der Waals surface area contributed by atoms with E-state index in [1.165, 1.54) is 0 Å². The minimum atomic E-state index is -0.873. The number of aliphatic carboxylic acids is 1. The van der Waals surface area contributed by atoms with E-state index in [2.05, 4.69) is 0 Å². The number of nitriles is 1. The van der Waals surface area contributed by atoms with Gasteiger partial charge in [-0.3, -0.25) is 4.79 Å². The molecule has 0 aliphatic rings. The molecule has 0 aliphatic carbocycles. The van der Waals surface area contributed by atoms with Crippen molar-refractivity contribution in [3.8, 4) is 6.07 Å². The summed E-state index contributed by atoms with van der Waals surface area (Å²) in [4.78, 5) is 12.5. The van der Waals surface area contributed by atoms with Crippen LogP contribution in [0.25, 0.3) is 0 Å². The highest BCUT2D eigenvalue weighted by molar-refractivity contribution is 6.33. The highest BCUT2D eigenvalue weighted by Crippen LogP contribution is 2.29. The molecule has 0 heterocycles. The van der Waals surface area contributed by atoms with Gasteiger partial charge in [-0.2, -0.15) is 5.26 Å². The van der Waals surface area contributed by atoms with Gasteiger partial charge in [-0.15, -0.1) is 0 Å². The van der Waals surface area contributed by atoms with Crippen LogP contribution in [0.3, 0.4) is 0 Å². The first-order chi connectivity index (χ1) is 7.97. The van der Waals surface area contributed by atoms with Gasteiger partial charge in [-0.25, -0.2) is 0 Å². The molecule has 1 N–H and O–H groups in total. The molecule has 0 saturated carbocycles. The summed E-state index contributed by atoms with van der Waals surface area (Å²) in [7, 11) is 1.72. The van der Waals surface area contributed by atoms with E-state index in [0.29, 0.717) is 22.8 Å². The largest absolute Gasteiger partial charge is 0.481 e. The maximum atomic E-state index is 10.8. The van der Waals surface area contributed by atoms with Crippen LogP contribution in [0.1, 0.15) is 12.5 Å². The zero-order valence-electron chi connectivity index (χ0n) is 9.64. The van der Waals surface area contributed by atoms with Crippen LogP contribution in [0.4, 0.5) is 5.69 Å². The maximum absolute atomic E-state index is 10.8. The number of halogens is 1. The summed E-state index contributed by atoms with van der Waals surface area (Å²) in [5, 5.41) is 18.3. The van der Waals surface area contributed by atoms with Gasteiger partial charge < -0.3 is 10.0 Å². The summed E-state index contributed by atoms with van der Waals surface area (Å²) in [5.74, 6) is -1.40. The molecular weight excluding hydrogens is 240 g/mol. The second-order valence-electron chi connectivity index (χ2n) is 3.87. The molecule has 1 rings (SSSR count). The quantitative estimate of drug-likeness (QED) is 0.894. The molecule has 5 heteroatoms. The van der Waals surface area contributed by atoms with Crippen LogP contribution in [0, 0.1) is 17.2 Å². The molecule has 0 aliphatic heterocycles. The number of anilines is 1. The molecule has 0 amide bonds. The van der Waals surface area contributed by atoms with Crippen molar-refractivity contribution in [1.29, 1.82) is 5.26 Å². The van der Waals surface area contributed by atoms with Gasteiger partial charge in [0.05, 0.1) is 22.2 Å². The van der Waals surface area contributed by atoms with E-state index in [9.17, 15) is 4.79 Å². The molecular formula is C12H13ClN2O2. The molecule has 0 aromatic heterocycles. The van der Waals surface area contributed by atoms with Gasteiger partial charge >= 0.3 is 5.97 Å². The van der Waals surface area contributed by atoms with Gasteiger partial charge in [0.2, 0.25) is 0 Å². The SMILES string of the molecule is CC(CN(C)c1c(Cl)cccc1C#N)C(=O)O. The van der Waals surface area contributed by atoms with Gasteiger partial charge in [0.25, 0.3) is 0 Å². The molecule has 0 saturated heterocycles. The number of hydrogen-bond acceptors (Lipinski definition) is 3. The molecule has 4 nitrogen and oxygen atoms in total. The molecule has 1 aromatic rings. The number of carboxylic acids is 1. The summed E-state index contributed by atoms with van der Waals surface area (Å²) in [5.41, 5.74) is 1.02. The fourth-order valence-corrected chi connectivity index (χ4v) is 1.89. The van der Waals surface area contributed by atoms with Crippen LogP contribution in [-0.4, -0.2) is 24.7 Å². The lowest BCUT2D eigenvalue weighted by molar-refractivity contribution is -0.140. The number of para-hydroxylation sites is 1. The van der Waals surface area contributed by atoms with E-state index in [4.69, 9.17) is 22.0 Å². The van der Waals surface area contributed by atoms with Gasteiger partial charge in [-0.1, -0.05) is 24.6 Å². The fourth-order valence-electron chi connectivity index (χ4n) is 1.57. The second-order valence-corrected chi connectivity index (χ2v) is 4.27. The number of benzene rings is 1.